The number of aromatic nitrogens is 6. The number of pyridine rings is 1. The molecule has 0 bridgehead atoms. The standard InChI is InChI=1S/C30H23FN8O2/c1-18(35-29(40)26-27(32)36-38-14-4-13-33-28(26)38)24-15-21-6-3-5-20(8-7-19-16-34-37(2)17-19)25(21)30(41)39(24)23-11-9-22(31)10-12-23/h3-6,9-18H,1-2H3,(H2,32,36)(H,35,40). The molecule has 1 atom stereocenters. The summed E-state index contributed by atoms with van der Waals surface area (Å²) in [6.45, 7) is 1.75. The van der Waals surface area contributed by atoms with Crippen molar-refractivity contribution in [2.75, 3.05) is 5.73 Å². The summed E-state index contributed by atoms with van der Waals surface area (Å²) in [4.78, 5) is 31.8. The lowest BCUT2D eigenvalue weighted by atomic mass is 10.0. The Hall–Kier alpha value is -5.76. The lowest BCUT2D eigenvalue weighted by Gasteiger charge is -2.21. The molecule has 0 spiro atoms. The zero-order chi connectivity index (χ0) is 28.7. The number of rotatable bonds is 4. The van der Waals surface area contributed by atoms with Gasteiger partial charge in [0.1, 0.15) is 11.4 Å². The third-order valence-electron chi connectivity index (χ3n) is 6.65. The average molecular weight is 547 g/mol. The Labute approximate surface area is 232 Å². The molecule has 4 aromatic heterocycles. The third-order valence-corrected chi connectivity index (χ3v) is 6.65. The number of nitrogens with one attached hydrogen (secondary N) is 1. The normalized spacial score (nSPS) is 11.8. The molecule has 1 unspecified atom stereocenters. The molecule has 3 N–H and O–H groups in total. The largest absolute Gasteiger partial charge is 0.381 e. The number of aryl methyl sites for hydroxylation is 1. The van der Waals surface area contributed by atoms with Gasteiger partial charge in [0.25, 0.3) is 11.5 Å². The molecule has 202 valence electrons. The smallest absolute Gasteiger partial charge is 0.264 e. The molecule has 6 aromatic rings. The van der Waals surface area contributed by atoms with Crippen LogP contribution < -0.4 is 16.6 Å². The summed E-state index contributed by atoms with van der Waals surface area (Å²) >= 11 is 0. The van der Waals surface area contributed by atoms with Crippen LogP contribution in [0.15, 0.2) is 84.2 Å². The van der Waals surface area contributed by atoms with Crippen molar-refractivity contribution < 1.29 is 9.18 Å². The van der Waals surface area contributed by atoms with Crippen LogP contribution in [0, 0.1) is 17.7 Å². The highest BCUT2D eigenvalue weighted by molar-refractivity contribution is 6.04. The monoisotopic (exact) mass is 546 g/mol. The number of anilines is 1. The maximum absolute atomic E-state index is 14.1. The number of nitrogens with two attached hydrogens (primary N) is 1. The van der Waals surface area contributed by atoms with E-state index in [1.807, 2.05) is 18.2 Å². The zero-order valence-corrected chi connectivity index (χ0v) is 22.0. The highest BCUT2D eigenvalue weighted by atomic mass is 19.1. The quantitative estimate of drug-likeness (QED) is 0.327. The molecule has 0 radical (unpaired) electrons. The van der Waals surface area contributed by atoms with E-state index in [4.69, 9.17) is 5.73 Å². The maximum Gasteiger partial charge on any atom is 0.264 e. The van der Waals surface area contributed by atoms with Crippen LogP contribution in [-0.4, -0.2) is 34.9 Å². The maximum atomic E-state index is 14.1. The number of carbonyl (C=O) groups is 1. The van der Waals surface area contributed by atoms with E-state index in [1.165, 1.54) is 33.3 Å². The molecular weight excluding hydrogens is 523 g/mol. The van der Waals surface area contributed by atoms with Gasteiger partial charge in [0.2, 0.25) is 0 Å². The summed E-state index contributed by atoms with van der Waals surface area (Å²) < 4.78 is 18.4. The second kappa shape index (κ2) is 10.1. The molecule has 2 aromatic carbocycles. The number of fused-ring (bicyclic) bond motifs is 2. The van der Waals surface area contributed by atoms with Crippen molar-refractivity contribution in [1.82, 2.24) is 34.3 Å². The highest BCUT2D eigenvalue weighted by Crippen LogP contribution is 2.25. The Kier molecular flexibility index (Phi) is 6.28. The molecule has 6 rings (SSSR count). The van der Waals surface area contributed by atoms with Crippen molar-refractivity contribution in [3.05, 3.63) is 118 Å². The number of amides is 1. The number of halogens is 1. The Morgan fingerprint density at radius 3 is 2.68 bits per heavy atom. The van der Waals surface area contributed by atoms with Gasteiger partial charge in [0.05, 0.1) is 23.2 Å². The number of nitrogens with zero attached hydrogens (tertiary/aromatic N) is 6. The van der Waals surface area contributed by atoms with Crippen molar-refractivity contribution in [3.63, 3.8) is 0 Å². The second-order valence-electron chi connectivity index (χ2n) is 9.45. The van der Waals surface area contributed by atoms with E-state index >= 15 is 0 Å². The van der Waals surface area contributed by atoms with Crippen LogP contribution in [0.25, 0.3) is 22.1 Å². The van der Waals surface area contributed by atoms with E-state index in [2.05, 4.69) is 32.3 Å². The van der Waals surface area contributed by atoms with Gasteiger partial charge in [-0.1, -0.05) is 24.0 Å². The van der Waals surface area contributed by atoms with E-state index in [1.54, 1.807) is 55.6 Å². The first-order valence-corrected chi connectivity index (χ1v) is 12.6. The number of carbonyl (C=O) groups excluding carboxylic acids is 1. The molecule has 1 amide bonds. The van der Waals surface area contributed by atoms with Gasteiger partial charge in [-0.3, -0.25) is 18.8 Å². The molecule has 41 heavy (non-hydrogen) atoms. The predicted octanol–water partition coefficient (Wildman–Crippen LogP) is 3.38. The topological polar surface area (TPSA) is 125 Å². The molecule has 4 heterocycles. The summed E-state index contributed by atoms with van der Waals surface area (Å²) in [5.74, 6) is 5.23. The summed E-state index contributed by atoms with van der Waals surface area (Å²) in [7, 11) is 1.80. The van der Waals surface area contributed by atoms with Crippen LogP contribution in [0.1, 0.15) is 40.1 Å². The van der Waals surface area contributed by atoms with Gasteiger partial charge in [0.15, 0.2) is 11.5 Å². The third kappa shape index (κ3) is 4.68. The van der Waals surface area contributed by atoms with Gasteiger partial charge in [-0.25, -0.2) is 13.9 Å². The minimum Gasteiger partial charge on any atom is -0.381 e. The summed E-state index contributed by atoms with van der Waals surface area (Å²) in [6.07, 6.45) is 6.61. The first-order chi connectivity index (χ1) is 19.8. The van der Waals surface area contributed by atoms with Crippen molar-refractivity contribution in [2.24, 2.45) is 7.05 Å². The van der Waals surface area contributed by atoms with Crippen molar-refractivity contribution >= 4 is 28.1 Å². The first kappa shape index (κ1) is 25.5. The molecular formula is C30H23FN8O2. The molecule has 0 aliphatic heterocycles. The molecule has 0 aliphatic carbocycles. The van der Waals surface area contributed by atoms with Crippen molar-refractivity contribution in [3.8, 4) is 17.5 Å². The van der Waals surface area contributed by atoms with E-state index < -0.39 is 17.8 Å². The fraction of sp³-hybridized carbons (Fsp3) is 0.100. The Morgan fingerprint density at radius 2 is 1.93 bits per heavy atom. The van der Waals surface area contributed by atoms with E-state index in [-0.39, 0.29) is 16.9 Å². The van der Waals surface area contributed by atoms with Crippen LogP contribution in [0.4, 0.5) is 10.2 Å². The number of nitrogen functional groups attached to an aromatic ring is 1. The van der Waals surface area contributed by atoms with E-state index in [0.717, 1.165) is 0 Å². The Balaban J connectivity index is 1.49. The number of benzene rings is 2. The number of hydrogen-bond donors (Lipinski definition) is 2. The second-order valence-corrected chi connectivity index (χ2v) is 9.45. The van der Waals surface area contributed by atoms with Gasteiger partial charge in [-0.05, 0) is 54.8 Å². The van der Waals surface area contributed by atoms with Crippen molar-refractivity contribution in [1.29, 1.82) is 0 Å². The Morgan fingerprint density at radius 1 is 1.12 bits per heavy atom. The predicted molar refractivity (Wildman–Crippen MR) is 152 cm³/mol. The number of hydrogen-bond acceptors (Lipinski definition) is 6. The SMILES string of the molecule is CC(NC(=O)c1c(N)nn2cccnc12)c1cc2cccc(C#Cc3cnn(C)c3)c2c(=O)n1-c1ccc(F)cc1. The first-order valence-electron chi connectivity index (χ1n) is 12.6. The summed E-state index contributed by atoms with van der Waals surface area (Å²) in [5, 5.41) is 12.2. The van der Waals surface area contributed by atoms with Crippen LogP contribution in [0.3, 0.4) is 0 Å². The molecule has 0 saturated carbocycles. The van der Waals surface area contributed by atoms with Crippen LogP contribution in [0.2, 0.25) is 0 Å². The van der Waals surface area contributed by atoms with Gasteiger partial charge in [-0.2, -0.15) is 5.10 Å². The fourth-order valence-corrected chi connectivity index (χ4v) is 4.75. The molecule has 0 aliphatic rings. The molecule has 0 fully saturated rings. The average Bonchev–Trinajstić information content (AvgIpc) is 3.53. The minimum atomic E-state index is -0.673. The van der Waals surface area contributed by atoms with Crippen LogP contribution in [-0.2, 0) is 7.05 Å². The lowest BCUT2D eigenvalue weighted by Crippen LogP contribution is -2.32. The molecule has 10 nitrogen and oxygen atoms in total. The van der Waals surface area contributed by atoms with E-state index in [9.17, 15) is 14.0 Å². The van der Waals surface area contributed by atoms with Crippen LogP contribution >= 0.6 is 0 Å². The van der Waals surface area contributed by atoms with Gasteiger partial charge in [0, 0.05) is 42.6 Å². The van der Waals surface area contributed by atoms with Gasteiger partial charge >= 0.3 is 0 Å². The van der Waals surface area contributed by atoms with E-state index in [0.29, 0.717) is 38.9 Å². The Bertz CT molecular complexity index is 2080. The zero-order valence-electron chi connectivity index (χ0n) is 22.0. The highest BCUT2D eigenvalue weighted by Gasteiger charge is 2.24. The summed E-state index contributed by atoms with van der Waals surface area (Å²) in [6, 6.07) is 13.8. The fourth-order valence-electron chi connectivity index (χ4n) is 4.75. The molecule has 0 saturated heterocycles. The summed E-state index contributed by atoms with van der Waals surface area (Å²) in [5.41, 5.74) is 8.26. The molecule has 11 heteroatoms. The van der Waals surface area contributed by atoms with Gasteiger partial charge < -0.3 is 11.1 Å². The van der Waals surface area contributed by atoms with Gasteiger partial charge in [-0.15, -0.1) is 5.10 Å². The minimum absolute atomic E-state index is 0.0275. The van der Waals surface area contributed by atoms with Crippen LogP contribution in [0.5, 0.6) is 0 Å². The lowest BCUT2D eigenvalue weighted by molar-refractivity contribution is 0.0941. The van der Waals surface area contributed by atoms with Crippen molar-refractivity contribution in [2.45, 2.75) is 13.0 Å².